The van der Waals surface area contributed by atoms with Crippen molar-refractivity contribution in [2.24, 2.45) is 23.2 Å². The number of hydrogen-bond donors (Lipinski definition) is 0. The van der Waals surface area contributed by atoms with Gasteiger partial charge in [-0.25, -0.2) is 0 Å². The lowest BCUT2D eigenvalue weighted by Gasteiger charge is -2.58. The quantitative estimate of drug-likeness (QED) is 0.288. The lowest BCUT2D eigenvalue weighted by atomic mass is 9.47. The van der Waals surface area contributed by atoms with Gasteiger partial charge in [-0.3, -0.25) is 0 Å². The molecule has 1 radical (unpaired) electrons. The normalized spacial score (nSPS) is 29.6. The van der Waals surface area contributed by atoms with Crippen molar-refractivity contribution >= 4 is 17.2 Å². The zero-order valence-corrected chi connectivity index (χ0v) is 28.1. The summed E-state index contributed by atoms with van der Waals surface area (Å²) in [5.41, 5.74) is 13.5. The van der Waals surface area contributed by atoms with Gasteiger partial charge in [-0.15, -0.1) is 0 Å². The highest BCUT2D eigenvalue weighted by molar-refractivity contribution is 5.85. The van der Waals surface area contributed by atoms with Crippen LogP contribution in [0.2, 0.25) is 0 Å². The molecule has 0 unspecified atom stereocenters. The van der Waals surface area contributed by atoms with Crippen molar-refractivity contribution in [1.29, 1.82) is 0 Å². The third-order valence-corrected chi connectivity index (χ3v) is 12.6. The van der Waals surface area contributed by atoms with Crippen molar-refractivity contribution in [2.75, 3.05) is 0 Å². The molecule has 4 bridgehead atoms. The van der Waals surface area contributed by atoms with Crippen LogP contribution in [-0.2, 0) is 10.8 Å². The molecule has 225 valence electrons. The van der Waals surface area contributed by atoms with Crippen LogP contribution in [0.1, 0.15) is 148 Å². The molecule has 0 atom stereocenters. The summed E-state index contributed by atoms with van der Waals surface area (Å²) in [5.74, 6) is 2.89. The first-order valence-electron chi connectivity index (χ1n) is 17.8. The monoisotopic (exact) mass is 569 g/mol. The van der Waals surface area contributed by atoms with E-state index in [0.29, 0.717) is 5.41 Å². The minimum atomic E-state index is 0.0798. The van der Waals surface area contributed by atoms with E-state index in [0.717, 1.165) is 24.2 Å². The molecule has 0 heterocycles. The standard InChI is InChI=1S/C43H53/c1-26-13-16-33(40(26)43-23-27-17-28(24-43)19-29(18-27)25-43)39-36-20-31-14-15-32(41(2,3)4)21-34(31)35(36)22-37(42(5,6)7)38(39)30-11-9-8-10-12-30/h13-15,21-22,27-29H,8-12,16-19,23-25H2,1-7H3. The molecule has 43 heavy (non-hydrogen) atoms. The van der Waals surface area contributed by atoms with Gasteiger partial charge < -0.3 is 0 Å². The second kappa shape index (κ2) is 9.58. The maximum absolute atomic E-state index is 4.10. The maximum Gasteiger partial charge on any atom is -0.000730 e. The fraction of sp³-hybridized carbons (Fsp3) is 0.581. The van der Waals surface area contributed by atoms with E-state index in [1.165, 1.54) is 97.4 Å². The van der Waals surface area contributed by atoms with Gasteiger partial charge in [0.15, 0.2) is 0 Å². The zero-order chi connectivity index (χ0) is 29.9. The summed E-state index contributed by atoms with van der Waals surface area (Å²) in [4.78, 5) is 0. The summed E-state index contributed by atoms with van der Waals surface area (Å²) < 4.78 is 0. The number of rotatable bonds is 2. The molecular weight excluding hydrogens is 516 g/mol. The third kappa shape index (κ3) is 4.43. The van der Waals surface area contributed by atoms with E-state index in [2.05, 4.69) is 84.9 Å². The zero-order valence-electron chi connectivity index (χ0n) is 28.1. The Balaban J connectivity index is 1.50. The van der Waals surface area contributed by atoms with E-state index in [1.54, 1.807) is 38.6 Å². The Kier molecular flexibility index (Phi) is 6.27. The minimum Gasteiger partial charge on any atom is -0.0769 e. The van der Waals surface area contributed by atoms with E-state index >= 15 is 0 Å². The fourth-order valence-corrected chi connectivity index (χ4v) is 11.1. The lowest BCUT2D eigenvalue weighted by molar-refractivity contribution is -0.0287. The number of fused-ring (bicyclic) bond motifs is 2. The van der Waals surface area contributed by atoms with Crippen LogP contribution in [0.5, 0.6) is 0 Å². The Morgan fingerprint density at radius 2 is 1.42 bits per heavy atom. The van der Waals surface area contributed by atoms with Crippen LogP contribution in [0.25, 0.3) is 17.2 Å². The summed E-state index contributed by atoms with van der Waals surface area (Å²) in [6.45, 7) is 16.9. The topological polar surface area (TPSA) is 0 Å². The van der Waals surface area contributed by atoms with Gasteiger partial charge in [0.25, 0.3) is 0 Å². The van der Waals surface area contributed by atoms with Gasteiger partial charge in [-0.2, -0.15) is 0 Å². The molecule has 0 N–H and O–H groups in total. The van der Waals surface area contributed by atoms with E-state index in [4.69, 9.17) is 0 Å². The molecule has 0 saturated heterocycles. The highest BCUT2D eigenvalue weighted by atomic mass is 14.6. The fourth-order valence-electron chi connectivity index (χ4n) is 11.1. The van der Waals surface area contributed by atoms with Crippen molar-refractivity contribution in [3.05, 3.63) is 84.6 Å². The lowest BCUT2D eigenvalue weighted by Crippen LogP contribution is -2.47. The average molecular weight is 570 g/mol. The largest absolute Gasteiger partial charge is 0.0769 e. The highest BCUT2D eigenvalue weighted by Gasteiger charge is 2.53. The Hall–Kier alpha value is -2.34. The van der Waals surface area contributed by atoms with Crippen LogP contribution >= 0.6 is 0 Å². The summed E-state index contributed by atoms with van der Waals surface area (Å²) in [5, 5.41) is 5.80. The predicted octanol–water partition coefficient (Wildman–Crippen LogP) is 10.0. The van der Waals surface area contributed by atoms with Crippen molar-refractivity contribution in [2.45, 2.75) is 136 Å². The molecule has 0 aliphatic heterocycles. The smallest absolute Gasteiger partial charge is 0.000730 e. The molecule has 7 aliphatic carbocycles. The molecular formula is C43H53. The van der Waals surface area contributed by atoms with Gasteiger partial charge in [-0.1, -0.05) is 77.3 Å². The van der Waals surface area contributed by atoms with Gasteiger partial charge in [0, 0.05) is 0 Å². The van der Waals surface area contributed by atoms with Crippen LogP contribution in [0.4, 0.5) is 0 Å². The van der Waals surface area contributed by atoms with Crippen molar-refractivity contribution < 1.29 is 0 Å². The van der Waals surface area contributed by atoms with Crippen LogP contribution in [0.3, 0.4) is 0 Å². The predicted molar refractivity (Wildman–Crippen MR) is 182 cm³/mol. The highest BCUT2D eigenvalue weighted by Crippen LogP contribution is 2.65. The van der Waals surface area contributed by atoms with Gasteiger partial charge in [0.2, 0.25) is 0 Å². The van der Waals surface area contributed by atoms with Crippen molar-refractivity contribution in [3.8, 4) is 0 Å². The van der Waals surface area contributed by atoms with Gasteiger partial charge in [0.05, 0.1) is 0 Å². The van der Waals surface area contributed by atoms with Gasteiger partial charge in [0.1, 0.15) is 0 Å². The van der Waals surface area contributed by atoms with Crippen molar-refractivity contribution in [3.63, 3.8) is 0 Å². The molecule has 2 aromatic rings. The third-order valence-electron chi connectivity index (χ3n) is 12.6. The Morgan fingerprint density at radius 3 is 2.02 bits per heavy atom. The molecule has 2 aromatic carbocycles. The van der Waals surface area contributed by atoms with E-state index < -0.39 is 0 Å². The van der Waals surface area contributed by atoms with E-state index in [9.17, 15) is 0 Å². The van der Waals surface area contributed by atoms with Crippen LogP contribution in [0, 0.1) is 33.6 Å². The van der Waals surface area contributed by atoms with Crippen LogP contribution < -0.4 is 10.4 Å². The summed E-state index contributed by atoms with van der Waals surface area (Å²) in [7, 11) is 0. The Labute approximate surface area is 260 Å². The second-order valence-electron chi connectivity index (χ2n) is 17.8. The molecule has 0 spiro atoms. The van der Waals surface area contributed by atoms with Crippen LogP contribution in [-0.4, -0.2) is 0 Å². The number of benzene rings is 2. The molecule has 0 aromatic heterocycles. The molecule has 5 saturated carbocycles. The van der Waals surface area contributed by atoms with Crippen LogP contribution in [0.15, 0.2) is 41.5 Å². The maximum atomic E-state index is 4.10. The molecule has 0 heteroatoms. The second-order valence-corrected chi connectivity index (χ2v) is 17.8. The SMILES string of the molecule is CC1=CCC(c2c3c(cc(C(C)(C)C)c2=C2CCCCC2)=c2cc(C(C)(C)C)ccc2=[C]3)=C1C12CC3CC(CC(C3)C1)C2. The molecule has 9 rings (SSSR count). The van der Waals surface area contributed by atoms with Crippen molar-refractivity contribution in [1.82, 2.24) is 0 Å². The summed E-state index contributed by atoms with van der Waals surface area (Å²) in [6, 6.07) is 9.86. The summed E-state index contributed by atoms with van der Waals surface area (Å²) in [6.07, 6.45) is 23.3. The first-order valence-corrected chi connectivity index (χ1v) is 17.8. The summed E-state index contributed by atoms with van der Waals surface area (Å²) >= 11 is 0. The van der Waals surface area contributed by atoms with Gasteiger partial charge in [-0.05, 0) is 184 Å². The molecule has 5 fully saturated rings. The molecule has 0 nitrogen and oxygen atoms in total. The van der Waals surface area contributed by atoms with E-state index in [-0.39, 0.29) is 10.8 Å². The average Bonchev–Trinajstić information content (AvgIpc) is 3.51. The van der Waals surface area contributed by atoms with Gasteiger partial charge >= 0.3 is 0 Å². The number of allylic oxidation sites excluding steroid dienone is 4. The Bertz CT molecular complexity index is 1760. The first kappa shape index (κ1) is 28.2. The first-order chi connectivity index (χ1) is 20.4. The van der Waals surface area contributed by atoms with E-state index in [1.807, 2.05) is 0 Å². The Morgan fingerprint density at radius 1 is 0.767 bits per heavy atom. The molecule has 7 aliphatic rings. The minimum absolute atomic E-state index is 0.0798. The number of hydrogen-bond acceptors (Lipinski definition) is 0. The molecule has 0 amide bonds.